The van der Waals surface area contributed by atoms with Gasteiger partial charge in [0, 0.05) is 37.7 Å². The lowest BCUT2D eigenvalue weighted by Crippen LogP contribution is -2.48. The van der Waals surface area contributed by atoms with E-state index in [2.05, 4.69) is 15.5 Å². The van der Waals surface area contributed by atoms with Gasteiger partial charge in [-0.3, -0.25) is 9.59 Å². The van der Waals surface area contributed by atoms with Gasteiger partial charge in [0.25, 0.3) is 0 Å². The third-order valence-electron chi connectivity index (χ3n) is 7.03. The number of nitrogens with two attached hydrogens (primary N) is 1. The van der Waals surface area contributed by atoms with Crippen LogP contribution in [0.3, 0.4) is 0 Å². The number of amides is 2. The van der Waals surface area contributed by atoms with Crippen LogP contribution in [0.2, 0.25) is 0 Å². The fraction of sp³-hybridized carbons (Fsp3) is 0.517. The lowest BCUT2D eigenvalue weighted by atomic mass is 9.91. The Bertz CT molecular complexity index is 1320. The number of aryl methyl sites for hydroxylation is 2. The van der Waals surface area contributed by atoms with Gasteiger partial charge in [-0.05, 0) is 31.4 Å². The number of rotatable bonds is 13. The Morgan fingerprint density at radius 2 is 2.05 bits per heavy atom. The maximum absolute atomic E-state index is 13.7. The van der Waals surface area contributed by atoms with Crippen LogP contribution < -0.4 is 15.8 Å². The number of hydrogen-bond donors (Lipinski definition) is 3. The molecule has 0 aliphatic carbocycles. The van der Waals surface area contributed by atoms with E-state index in [0.29, 0.717) is 43.6 Å². The summed E-state index contributed by atoms with van der Waals surface area (Å²) in [5, 5.41) is 17.3. The molecular weight excluding hydrogens is 546 g/mol. The number of benzene rings is 1. The molecule has 222 valence electrons. The molecule has 0 bridgehead atoms. The zero-order valence-corrected chi connectivity index (χ0v) is 24.8. The molecule has 41 heavy (non-hydrogen) atoms. The van der Waals surface area contributed by atoms with Crippen molar-refractivity contribution < 1.29 is 28.7 Å². The molecule has 1 aliphatic rings. The Morgan fingerprint density at radius 1 is 1.24 bits per heavy atom. The fourth-order valence-electron chi connectivity index (χ4n) is 5.00. The first-order valence-electron chi connectivity index (χ1n) is 13.8. The molecule has 0 spiro atoms. The monoisotopic (exact) mass is 585 g/mol. The quantitative estimate of drug-likeness (QED) is 0.257. The molecule has 11 nitrogen and oxygen atoms in total. The number of ether oxygens (including phenoxy) is 2. The Labute approximate surface area is 244 Å². The number of carbonyl (C=O) groups excluding carboxylic acids is 2. The number of likely N-dealkylation sites (tertiary alicyclic amines) is 1. The van der Waals surface area contributed by atoms with Crippen LogP contribution in [-0.2, 0) is 20.9 Å². The van der Waals surface area contributed by atoms with Crippen LogP contribution in [0.1, 0.15) is 48.9 Å². The zero-order valence-electron chi connectivity index (χ0n) is 24.0. The second-order valence-electron chi connectivity index (χ2n) is 10.5. The minimum atomic E-state index is -0.809. The molecule has 4 N–H and O–H groups in total. The van der Waals surface area contributed by atoms with Gasteiger partial charge in [-0.1, -0.05) is 31.1 Å². The first-order valence-corrected chi connectivity index (χ1v) is 14.7. The van der Waals surface area contributed by atoms with Gasteiger partial charge in [0.15, 0.2) is 0 Å². The molecule has 1 unspecified atom stereocenters. The molecule has 4 rings (SSSR count). The number of nitrogens with zero attached hydrogens (tertiary/aromatic N) is 3. The molecule has 1 fully saturated rings. The summed E-state index contributed by atoms with van der Waals surface area (Å²) >= 11 is 1.55. The highest BCUT2D eigenvalue weighted by Gasteiger charge is 2.43. The zero-order chi connectivity index (χ0) is 29.5. The highest BCUT2D eigenvalue weighted by atomic mass is 32.1. The lowest BCUT2D eigenvalue weighted by Gasteiger charge is -2.28. The first kappa shape index (κ1) is 30.6. The molecule has 1 aliphatic heterocycles. The van der Waals surface area contributed by atoms with Gasteiger partial charge in [-0.15, -0.1) is 11.3 Å². The van der Waals surface area contributed by atoms with E-state index in [1.54, 1.807) is 29.8 Å². The van der Waals surface area contributed by atoms with Crippen LogP contribution in [0.4, 0.5) is 0 Å². The van der Waals surface area contributed by atoms with Gasteiger partial charge >= 0.3 is 0 Å². The topological polar surface area (TPSA) is 153 Å². The van der Waals surface area contributed by atoms with E-state index in [1.807, 2.05) is 39.0 Å². The molecule has 0 radical (unpaired) electrons. The molecule has 2 amide bonds. The fourth-order valence-corrected chi connectivity index (χ4v) is 5.80. The van der Waals surface area contributed by atoms with Crippen LogP contribution in [-0.4, -0.2) is 77.0 Å². The summed E-state index contributed by atoms with van der Waals surface area (Å²) in [6.45, 7) is 9.43. The Balaban J connectivity index is 1.48. The van der Waals surface area contributed by atoms with Crippen molar-refractivity contribution in [2.75, 3.05) is 32.9 Å². The van der Waals surface area contributed by atoms with Crippen molar-refractivity contribution in [1.82, 2.24) is 20.4 Å². The van der Waals surface area contributed by atoms with Gasteiger partial charge in [0.2, 0.25) is 11.8 Å². The van der Waals surface area contributed by atoms with E-state index < -0.39 is 18.1 Å². The van der Waals surface area contributed by atoms with Crippen molar-refractivity contribution in [1.29, 1.82) is 0 Å². The van der Waals surface area contributed by atoms with Gasteiger partial charge < -0.3 is 35.1 Å². The maximum Gasteiger partial charge on any atom is 0.243 e. The number of aromatic nitrogens is 2. The molecule has 1 aromatic carbocycles. The van der Waals surface area contributed by atoms with E-state index in [-0.39, 0.29) is 37.2 Å². The smallest absolute Gasteiger partial charge is 0.243 e. The number of hydrogen-bond acceptors (Lipinski definition) is 10. The summed E-state index contributed by atoms with van der Waals surface area (Å²) in [7, 11) is 0. The van der Waals surface area contributed by atoms with Crippen LogP contribution in [0.15, 0.2) is 34.3 Å². The van der Waals surface area contributed by atoms with E-state index in [1.165, 1.54) is 4.90 Å². The summed E-state index contributed by atoms with van der Waals surface area (Å²) in [4.78, 5) is 33.9. The molecule has 3 heterocycles. The van der Waals surface area contributed by atoms with E-state index in [9.17, 15) is 14.7 Å². The largest absolute Gasteiger partial charge is 0.491 e. The average molecular weight is 586 g/mol. The molecule has 12 heteroatoms. The third-order valence-corrected chi connectivity index (χ3v) is 8.00. The number of aliphatic hydroxyl groups excluding tert-OH is 1. The third kappa shape index (κ3) is 7.50. The summed E-state index contributed by atoms with van der Waals surface area (Å²) in [5.74, 6) is -0.237. The maximum atomic E-state index is 13.7. The highest BCUT2D eigenvalue weighted by molar-refractivity contribution is 7.13. The van der Waals surface area contributed by atoms with Crippen LogP contribution in [0, 0.1) is 19.8 Å². The van der Waals surface area contributed by atoms with Gasteiger partial charge in [-0.2, -0.15) is 0 Å². The molecule has 1 saturated heterocycles. The summed E-state index contributed by atoms with van der Waals surface area (Å²) in [6, 6.07) is 6.76. The van der Waals surface area contributed by atoms with Crippen molar-refractivity contribution in [2.24, 2.45) is 11.7 Å². The lowest BCUT2D eigenvalue weighted by molar-refractivity contribution is -0.141. The first-order chi connectivity index (χ1) is 19.7. The summed E-state index contributed by atoms with van der Waals surface area (Å²) in [5.41, 5.74) is 10.6. The van der Waals surface area contributed by atoms with E-state index in [4.69, 9.17) is 19.7 Å². The average Bonchev–Trinajstić information content (AvgIpc) is 3.67. The number of carbonyl (C=O) groups is 2. The number of aliphatic hydroxyl groups is 1. The Kier molecular flexibility index (Phi) is 10.5. The van der Waals surface area contributed by atoms with Crippen molar-refractivity contribution >= 4 is 23.2 Å². The van der Waals surface area contributed by atoms with Crippen LogP contribution in [0.5, 0.6) is 5.75 Å². The van der Waals surface area contributed by atoms with Gasteiger partial charge in [0.05, 0.1) is 41.1 Å². The van der Waals surface area contributed by atoms with Crippen molar-refractivity contribution in [2.45, 2.75) is 58.7 Å². The van der Waals surface area contributed by atoms with Gasteiger partial charge in [-0.25, -0.2) is 4.98 Å². The van der Waals surface area contributed by atoms with Gasteiger partial charge in [0.1, 0.15) is 30.1 Å². The summed E-state index contributed by atoms with van der Waals surface area (Å²) in [6.07, 6.45) is -0.642. The van der Waals surface area contributed by atoms with E-state index >= 15 is 0 Å². The summed E-state index contributed by atoms with van der Waals surface area (Å²) < 4.78 is 16.9. The van der Waals surface area contributed by atoms with Crippen molar-refractivity contribution in [3.63, 3.8) is 0 Å². The Hall–Kier alpha value is -3.32. The minimum absolute atomic E-state index is 0.0767. The minimum Gasteiger partial charge on any atom is -0.491 e. The molecular formula is C29H39N5O6S. The normalized spacial score (nSPS) is 17.7. The molecule has 3 atom stereocenters. The Morgan fingerprint density at radius 3 is 2.71 bits per heavy atom. The van der Waals surface area contributed by atoms with Crippen molar-refractivity contribution in [3.05, 3.63) is 52.5 Å². The van der Waals surface area contributed by atoms with E-state index in [0.717, 1.165) is 21.7 Å². The number of β-amino-alcohol motifs (C(OH)–C–C–N with tert-alkyl or cyclic N) is 1. The molecule has 2 aromatic heterocycles. The second-order valence-corrected chi connectivity index (χ2v) is 11.4. The predicted molar refractivity (Wildman–Crippen MR) is 154 cm³/mol. The highest BCUT2D eigenvalue weighted by Crippen LogP contribution is 2.33. The predicted octanol–water partition coefficient (Wildman–Crippen LogP) is 2.79. The SMILES string of the molecule is Cc1cc(C(C(=O)N2C[C@H](O)C[C@H]2C(=O)NCc2ccc(-c3scnc3C)cc2OCCOCCN)C(C)C)on1. The van der Waals surface area contributed by atoms with Crippen LogP contribution >= 0.6 is 11.3 Å². The second kappa shape index (κ2) is 14.0. The van der Waals surface area contributed by atoms with Crippen LogP contribution in [0.25, 0.3) is 10.4 Å². The number of thiazole rings is 1. The van der Waals surface area contributed by atoms with Crippen molar-refractivity contribution in [3.8, 4) is 16.2 Å². The molecule has 0 saturated carbocycles. The standard InChI is InChI=1S/C29H39N5O6S/c1-17(2)26(25-11-18(3)33-40-25)29(37)34-15-22(35)13-23(34)28(36)31-14-21-6-5-20(27-19(4)32-16-41-27)12-24(21)39-10-9-38-8-7-30/h5-6,11-12,16-17,22-23,26,35H,7-10,13-15,30H2,1-4H3,(H,31,36)/t22-,23+,26?/m1/s1. The number of nitrogens with one attached hydrogen (secondary N) is 1. The molecule has 3 aromatic rings.